The Morgan fingerprint density at radius 1 is 1.27 bits per heavy atom. The molecule has 1 aliphatic heterocycles. The van der Waals surface area contributed by atoms with Gasteiger partial charge in [0.05, 0.1) is 12.7 Å². The molecule has 2 heterocycles. The van der Waals surface area contributed by atoms with Crippen LogP contribution in [0.1, 0.15) is 56.4 Å². The molecule has 1 aromatic rings. The van der Waals surface area contributed by atoms with Crippen molar-refractivity contribution in [3.8, 4) is 0 Å². The molecular weight excluding hydrogens is 186 g/mol. The van der Waals surface area contributed by atoms with Gasteiger partial charge in [-0.05, 0) is 23.0 Å². The fourth-order valence-corrected chi connectivity index (χ4v) is 2.24. The van der Waals surface area contributed by atoms with Crippen LogP contribution in [0.5, 0.6) is 0 Å². The Kier molecular flexibility index (Phi) is 2.79. The van der Waals surface area contributed by atoms with Crippen molar-refractivity contribution in [1.82, 2.24) is 4.98 Å². The number of nitrogens with zero attached hydrogens (tertiary/aromatic N) is 1. The van der Waals surface area contributed by atoms with E-state index >= 15 is 0 Å². The summed E-state index contributed by atoms with van der Waals surface area (Å²) in [5.74, 6) is 1.06. The zero-order valence-corrected chi connectivity index (χ0v) is 9.95. The van der Waals surface area contributed by atoms with Crippen molar-refractivity contribution >= 4 is 0 Å². The van der Waals surface area contributed by atoms with Crippen LogP contribution >= 0.6 is 0 Å². The van der Waals surface area contributed by atoms with Gasteiger partial charge in [0.1, 0.15) is 0 Å². The van der Waals surface area contributed by atoms with E-state index in [1.54, 1.807) is 0 Å². The van der Waals surface area contributed by atoms with Gasteiger partial charge in [-0.25, -0.2) is 0 Å². The zero-order chi connectivity index (χ0) is 11.0. The van der Waals surface area contributed by atoms with Crippen LogP contribution in [0.3, 0.4) is 0 Å². The molecule has 0 radical (unpaired) electrons. The summed E-state index contributed by atoms with van der Waals surface area (Å²) in [6.45, 7) is 9.58. The first kappa shape index (κ1) is 10.6. The van der Waals surface area contributed by atoms with Gasteiger partial charge in [0, 0.05) is 18.0 Å². The Labute approximate surface area is 91.7 Å². The van der Waals surface area contributed by atoms with Gasteiger partial charge in [-0.2, -0.15) is 0 Å². The van der Waals surface area contributed by atoms with Crippen LogP contribution in [0.15, 0.2) is 12.4 Å². The van der Waals surface area contributed by atoms with Crippen molar-refractivity contribution in [2.24, 2.45) is 5.92 Å². The summed E-state index contributed by atoms with van der Waals surface area (Å²) < 4.78 is 5.84. The standard InChI is InChI=1S/C13H19NO/c1-8(2)11-6-14-5-10-7-15-13(9(3)4)12(10)11/h5-6,8-9,13H,7H2,1-4H3. The summed E-state index contributed by atoms with van der Waals surface area (Å²) >= 11 is 0. The summed E-state index contributed by atoms with van der Waals surface area (Å²) in [6, 6.07) is 0. The molecule has 0 N–H and O–H groups in total. The van der Waals surface area contributed by atoms with Gasteiger partial charge < -0.3 is 4.74 Å². The van der Waals surface area contributed by atoms with E-state index in [0.717, 1.165) is 6.61 Å². The first-order valence-electron chi connectivity index (χ1n) is 5.69. The number of fused-ring (bicyclic) bond motifs is 1. The molecule has 0 bridgehead atoms. The Bertz CT molecular complexity index is 358. The minimum absolute atomic E-state index is 0.264. The highest BCUT2D eigenvalue weighted by Gasteiger charge is 2.29. The molecule has 0 spiro atoms. The van der Waals surface area contributed by atoms with Crippen molar-refractivity contribution in [1.29, 1.82) is 0 Å². The predicted molar refractivity (Wildman–Crippen MR) is 60.7 cm³/mol. The van der Waals surface area contributed by atoms with E-state index in [0.29, 0.717) is 11.8 Å². The number of rotatable bonds is 2. The molecular formula is C13H19NO. The average molecular weight is 205 g/mol. The minimum atomic E-state index is 0.264. The lowest BCUT2D eigenvalue weighted by Gasteiger charge is -2.19. The number of aromatic nitrogens is 1. The normalized spacial score (nSPS) is 20.0. The molecule has 0 aromatic carbocycles. The number of hydrogen-bond donors (Lipinski definition) is 0. The predicted octanol–water partition coefficient (Wildman–Crippen LogP) is 3.43. The quantitative estimate of drug-likeness (QED) is 0.738. The highest BCUT2D eigenvalue weighted by Crippen LogP contribution is 2.39. The van der Waals surface area contributed by atoms with Crippen LogP contribution in [0.25, 0.3) is 0 Å². The van der Waals surface area contributed by atoms with Crippen LogP contribution < -0.4 is 0 Å². The second kappa shape index (κ2) is 3.93. The molecule has 2 nitrogen and oxygen atoms in total. The Hall–Kier alpha value is -0.890. The van der Waals surface area contributed by atoms with Gasteiger partial charge in [-0.1, -0.05) is 27.7 Å². The van der Waals surface area contributed by atoms with E-state index < -0.39 is 0 Å². The molecule has 1 atom stereocenters. The monoisotopic (exact) mass is 205 g/mol. The van der Waals surface area contributed by atoms with Gasteiger partial charge >= 0.3 is 0 Å². The second-order valence-corrected chi connectivity index (χ2v) is 4.93. The highest BCUT2D eigenvalue weighted by molar-refractivity contribution is 5.38. The van der Waals surface area contributed by atoms with Crippen molar-refractivity contribution < 1.29 is 4.74 Å². The van der Waals surface area contributed by atoms with Gasteiger partial charge in [-0.15, -0.1) is 0 Å². The smallest absolute Gasteiger partial charge is 0.0859 e. The number of hydrogen-bond acceptors (Lipinski definition) is 2. The summed E-state index contributed by atoms with van der Waals surface area (Å²) in [7, 11) is 0. The summed E-state index contributed by atoms with van der Waals surface area (Å²) in [4.78, 5) is 4.29. The maximum Gasteiger partial charge on any atom is 0.0859 e. The summed E-state index contributed by atoms with van der Waals surface area (Å²) in [5, 5.41) is 0. The molecule has 2 heteroatoms. The van der Waals surface area contributed by atoms with Crippen LogP contribution in [-0.4, -0.2) is 4.98 Å². The van der Waals surface area contributed by atoms with Gasteiger partial charge in [0.2, 0.25) is 0 Å². The molecule has 0 aliphatic carbocycles. The molecule has 0 saturated heterocycles. The first-order valence-corrected chi connectivity index (χ1v) is 5.69. The van der Waals surface area contributed by atoms with Crippen LogP contribution in [0.4, 0.5) is 0 Å². The third-order valence-corrected chi connectivity index (χ3v) is 3.03. The van der Waals surface area contributed by atoms with E-state index in [4.69, 9.17) is 4.74 Å². The second-order valence-electron chi connectivity index (χ2n) is 4.93. The van der Waals surface area contributed by atoms with Crippen molar-refractivity contribution in [3.63, 3.8) is 0 Å². The lowest BCUT2D eigenvalue weighted by atomic mass is 9.90. The van der Waals surface area contributed by atoms with Crippen LogP contribution in [-0.2, 0) is 11.3 Å². The summed E-state index contributed by atoms with van der Waals surface area (Å²) in [5.41, 5.74) is 4.03. The third-order valence-electron chi connectivity index (χ3n) is 3.03. The molecule has 1 aliphatic rings. The van der Waals surface area contributed by atoms with Gasteiger partial charge in [0.15, 0.2) is 0 Å². The summed E-state index contributed by atoms with van der Waals surface area (Å²) in [6.07, 6.45) is 4.21. The van der Waals surface area contributed by atoms with E-state index in [1.165, 1.54) is 16.7 Å². The molecule has 0 saturated carbocycles. The van der Waals surface area contributed by atoms with Crippen LogP contribution in [0.2, 0.25) is 0 Å². The molecule has 0 fully saturated rings. The minimum Gasteiger partial charge on any atom is -0.368 e. The molecule has 82 valence electrons. The van der Waals surface area contributed by atoms with E-state index in [1.807, 2.05) is 12.4 Å². The van der Waals surface area contributed by atoms with Crippen LogP contribution in [0, 0.1) is 5.92 Å². The number of pyridine rings is 1. The number of ether oxygens (including phenoxy) is 1. The lowest BCUT2D eigenvalue weighted by molar-refractivity contribution is 0.0336. The first-order chi connectivity index (χ1) is 7.11. The lowest BCUT2D eigenvalue weighted by Crippen LogP contribution is -2.08. The Morgan fingerprint density at radius 2 is 2.00 bits per heavy atom. The fourth-order valence-electron chi connectivity index (χ4n) is 2.24. The zero-order valence-electron chi connectivity index (χ0n) is 9.95. The van der Waals surface area contributed by atoms with E-state index in [-0.39, 0.29) is 6.10 Å². The van der Waals surface area contributed by atoms with E-state index in [9.17, 15) is 0 Å². The third kappa shape index (κ3) is 1.78. The van der Waals surface area contributed by atoms with Gasteiger partial charge in [0.25, 0.3) is 0 Å². The van der Waals surface area contributed by atoms with E-state index in [2.05, 4.69) is 32.7 Å². The molecule has 15 heavy (non-hydrogen) atoms. The Morgan fingerprint density at radius 3 is 2.60 bits per heavy atom. The molecule has 2 rings (SSSR count). The molecule has 0 amide bonds. The highest BCUT2D eigenvalue weighted by atomic mass is 16.5. The fraction of sp³-hybridized carbons (Fsp3) is 0.615. The SMILES string of the molecule is CC(C)c1cncc2c1C(C(C)C)OC2. The van der Waals surface area contributed by atoms with Crippen molar-refractivity contribution in [2.45, 2.75) is 46.3 Å². The molecule has 1 aromatic heterocycles. The topological polar surface area (TPSA) is 22.1 Å². The average Bonchev–Trinajstić information content (AvgIpc) is 2.60. The largest absolute Gasteiger partial charge is 0.368 e. The van der Waals surface area contributed by atoms with Gasteiger partial charge in [-0.3, -0.25) is 4.98 Å². The Balaban J connectivity index is 2.48. The molecule has 1 unspecified atom stereocenters. The van der Waals surface area contributed by atoms with Crippen molar-refractivity contribution in [2.75, 3.05) is 0 Å². The maximum atomic E-state index is 5.84. The van der Waals surface area contributed by atoms with Crippen molar-refractivity contribution in [3.05, 3.63) is 29.1 Å². The maximum absolute atomic E-state index is 5.84.